The molecular formula is C13H27NO3. The van der Waals surface area contributed by atoms with Gasteiger partial charge in [-0.25, -0.2) is 0 Å². The second-order valence-corrected chi connectivity index (χ2v) is 4.96. The Morgan fingerprint density at radius 2 is 2.00 bits per heavy atom. The zero-order chi connectivity index (χ0) is 12.5. The number of rotatable bonds is 9. The van der Waals surface area contributed by atoms with Crippen molar-refractivity contribution in [3.05, 3.63) is 0 Å². The second kappa shape index (κ2) is 8.86. The third-order valence-corrected chi connectivity index (χ3v) is 3.52. The number of hydrogen-bond donors (Lipinski definition) is 2. The maximum Gasteiger partial charge on any atom is 0.0897 e. The summed E-state index contributed by atoms with van der Waals surface area (Å²) in [6, 6.07) is 0.506. The van der Waals surface area contributed by atoms with E-state index in [9.17, 15) is 5.11 Å². The molecule has 0 aliphatic heterocycles. The van der Waals surface area contributed by atoms with Crippen molar-refractivity contribution in [3.8, 4) is 0 Å². The van der Waals surface area contributed by atoms with Crippen LogP contribution < -0.4 is 5.32 Å². The molecule has 0 bridgehead atoms. The molecule has 4 heteroatoms. The Bertz CT molecular complexity index is 184. The average Bonchev–Trinajstić information content (AvgIpc) is 2.85. The van der Waals surface area contributed by atoms with Crippen molar-refractivity contribution in [1.82, 2.24) is 5.32 Å². The molecule has 1 unspecified atom stereocenters. The van der Waals surface area contributed by atoms with Crippen LogP contribution in [0, 0.1) is 5.92 Å². The Hall–Kier alpha value is -0.160. The van der Waals surface area contributed by atoms with Gasteiger partial charge in [-0.05, 0) is 25.7 Å². The van der Waals surface area contributed by atoms with E-state index in [1.807, 2.05) is 0 Å². The Labute approximate surface area is 105 Å². The van der Waals surface area contributed by atoms with Gasteiger partial charge in [-0.3, -0.25) is 0 Å². The monoisotopic (exact) mass is 245 g/mol. The van der Waals surface area contributed by atoms with Crippen molar-refractivity contribution in [3.63, 3.8) is 0 Å². The molecule has 1 aliphatic rings. The summed E-state index contributed by atoms with van der Waals surface area (Å²) in [5.41, 5.74) is 0. The van der Waals surface area contributed by atoms with Crippen molar-refractivity contribution in [2.24, 2.45) is 5.92 Å². The van der Waals surface area contributed by atoms with E-state index in [2.05, 4.69) is 12.2 Å². The summed E-state index contributed by atoms with van der Waals surface area (Å²) >= 11 is 0. The van der Waals surface area contributed by atoms with E-state index in [1.54, 1.807) is 7.11 Å². The molecule has 0 amide bonds. The number of aliphatic hydroxyl groups excluding tert-OH is 1. The molecule has 0 aromatic rings. The first-order valence-electron chi connectivity index (χ1n) is 6.72. The van der Waals surface area contributed by atoms with Crippen molar-refractivity contribution in [2.75, 3.05) is 33.5 Å². The van der Waals surface area contributed by atoms with Crippen molar-refractivity contribution in [2.45, 2.75) is 44.8 Å². The van der Waals surface area contributed by atoms with Crippen molar-refractivity contribution >= 4 is 0 Å². The first-order valence-corrected chi connectivity index (χ1v) is 6.72. The topological polar surface area (TPSA) is 50.7 Å². The zero-order valence-corrected chi connectivity index (χ0v) is 11.2. The first-order chi connectivity index (χ1) is 8.24. The summed E-state index contributed by atoms with van der Waals surface area (Å²) in [4.78, 5) is 0. The molecule has 1 fully saturated rings. The third kappa shape index (κ3) is 6.36. The lowest BCUT2D eigenvalue weighted by atomic mass is 10.00. The predicted molar refractivity (Wildman–Crippen MR) is 68.1 cm³/mol. The molecule has 2 N–H and O–H groups in total. The fraction of sp³-hybridized carbons (Fsp3) is 1.00. The highest BCUT2D eigenvalue weighted by atomic mass is 16.5. The number of nitrogens with one attached hydrogen (secondary N) is 1. The summed E-state index contributed by atoms with van der Waals surface area (Å²) in [6.45, 7) is 4.34. The van der Waals surface area contributed by atoms with Crippen LogP contribution in [-0.2, 0) is 9.47 Å². The van der Waals surface area contributed by atoms with Gasteiger partial charge in [0, 0.05) is 19.7 Å². The molecule has 2 atom stereocenters. The molecule has 0 spiro atoms. The molecular weight excluding hydrogens is 218 g/mol. The standard InChI is InChI=1S/C13H27NO3/c1-11(12-5-3-4-6-12)14-9-13(15)10-17-8-7-16-2/h11-15H,3-10H2,1-2H3/t11-,13?/m0/s1. The molecule has 1 saturated carbocycles. The molecule has 1 aliphatic carbocycles. The van der Waals surface area contributed by atoms with Crippen LogP contribution in [0.25, 0.3) is 0 Å². The van der Waals surface area contributed by atoms with Gasteiger partial charge in [-0.15, -0.1) is 0 Å². The molecule has 102 valence electrons. The molecule has 17 heavy (non-hydrogen) atoms. The van der Waals surface area contributed by atoms with Gasteiger partial charge in [0.15, 0.2) is 0 Å². The summed E-state index contributed by atoms with van der Waals surface area (Å²) < 4.78 is 10.1. The van der Waals surface area contributed by atoms with Gasteiger partial charge in [0.1, 0.15) is 0 Å². The van der Waals surface area contributed by atoms with Crippen LogP contribution in [0.2, 0.25) is 0 Å². The van der Waals surface area contributed by atoms with Gasteiger partial charge in [-0.1, -0.05) is 12.8 Å². The predicted octanol–water partition coefficient (Wildman–Crippen LogP) is 1.18. The quantitative estimate of drug-likeness (QED) is 0.599. The van der Waals surface area contributed by atoms with Gasteiger partial charge in [0.05, 0.1) is 25.9 Å². The molecule has 0 aromatic carbocycles. The van der Waals surface area contributed by atoms with Gasteiger partial charge in [-0.2, -0.15) is 0 Å². The summed E-state index contributed by atoms with van der Waals surface area (Å²) in [6.07, 6.45) is 4.96. The number of hydrogen-bond acceptors (Lipinski definition) is 4. The maximum absolute atomic E-state index is 9.71. The molecule has 0 radical (unpaired) electrons. The minimum atomic E-state index is -0.421. The van der Waals surface area contributed by atoms with Crippen LogP contribution in [-0.4, -0.2) is 50.7 Å². The fourth-order valence-electron chi connectivity index (χ4n) is 2.37. The summed E-state index contributed by atoms with van der Waals surface area (Å²) in [5.74, 6) is 0.789. The minimum absolute atomic E-state index is 0.383. The zero-order valence-electron chi connectivity index (χ0n) is 11.2. The van der Waals surface area contributed by atoms with Crippen molar-refractivity contribution in [1.29, 1.82) is 0 Å². The smallest absolute Gasteiger partial charge is 0.0897 e. The van der Waals surface area contributed by atoms with Crippen molar-refractivity contribution < 1.29 is 14.6 Å². The Balaban J connectivity index is 2.00. The van der Waals surface area contributed by atoms with Gasteiger partial charge in [0.2, 0.25) is 0 Å². The maximum atomic E-state index is 9.71. The highest BCUT2D eigenvalue weighted by Gasteiger charge is 2.21. The van der Waals surface area contributed by atoms with Crippen LogP contribution in [0.3, 0.4) is 0 Å². The van der Waals surface area contributed by atoms with Crippen LogP contribution in [0.15, 0.2) is 0 Å². The largest absolute Gasteiger partial charge is 0.389 e. The summed E-state index contributed by atoms with van der Waals surface area (Å²) in [7, 11) is 1.64. The van der Waals surface area contributed by atoms with E-state index < -0.39 is 6.10 Å². The van der Waals surface area contributed by atoms with E-state index in [0.29, 0.717) is 32.4 Å². The van der Waals surface area contributed by atoms with Gasteiger partial charge in [0.25, 0.3) is 0 Å². The van der Waals surface area contributed by atoms with E-state index in [0.717, 1.165) is 5.92 Å². The highest BCUT2D eigenvalue weighted by molar-refractivity contribution is 4.78. The SMILES string of the molecule is COCCOCC(O)CN[C@@H](C)C1CCCC1. The van der Waals surface area contributed by atoms with Gasteiger partial charge < -0.3 is 19.9 Å². The lowest BCUT2D eigenvalue weighted by Gasteiger charge is -2.22. The van der Waals surface area contributed by atoms with Crippen LogP contribution in [0.1, 0.15) is 32.6 Å². The summed E-state index contributed by atoms with van der Waals surface area (Å²) in [5, 5.41) is 13.1. The molecule has 1 rings (SSSR count). The van der Waals surface area contributed by atoms with Gasteiger partial charge >= 0.3 is 0 Å². The second-order valence-electron chi connectivity index (χ2n) is 4.96. The first kappa shape index (κ1) is 14.9. The lowest BCUT2D eigenvalue weighted by molar-refractivity contribution is 0.0125. The van der Waals surface area contributed by atoms with E-state index in [1.165, 1.54) is 25.7 Å². The van der Waals surface area contributed by atoms with E-state index >= 15 is 0 Å². The Morgan fingerprint density at radius 1 is 1.29 bits per heavy atom. The molecule has 0 heterocycles. The van der Waals surface area contributed by atoms with Crippen LogP contribution in [0.5, 0.6) is 0 Å². The number of ether oxygens (including phenoxy) is 2. The fourth-order valence-corrected chi connectivity index (χ4v) is 2.37. The van der Waals surface area contributed by atoms with E-state index in [4.69, 9.17) is 9.47 Å². The highest BCUT2D eigenvalue weighted by Crippen LogP contribution is 2.27. The Kier molecular flexibility index (Phi) is 7.77. The molecule has 0 saturated heterocycles. The molecule has 0 aromatic heterocycles. The molecule has 4 nitrogen and oxygen atoms in total. The lowest BCUT2D eigenvalue weighted by Crippen LogP contribution is -2.39. The van der Waals surface area contributed by atoms with E-state index in [-0.39, 0.29) is 0 Å². The Morgan fingerprint density at radius 3 is 2.65 bits per heavy atom. The average molecular weight is 245 g/mol. The normalized spacial score (nSPS) is 20.6. The van der Waals surface area contributed by atoms with Crippen LogP contribution >= 0.6 is 0 Å². The number of aliphatic hydroxyl groups is 1. The van der Waals surface area contributed by atoms with Crippen LogP contribution in [0.4, 0.5) is 0 Å². The minimum Gasteiger partial charge on any atom is -0.389 e. The number of methoxy groups -OCH3 is 1. The third-order valence-electron chi connectivity index (χ3n) is 3.52.